The Morgan fingerprint density at radius 3 is 2.94 bits per heavy atom. The second kappa shape index (κ2) is 5.32. The third-order valence-electron chi connectivity index (χ3n) is 1.70. The summed E-state index contributed by atoms with van der Waals surface area (Å²) < 4.78 is 13.3. The zero-order valence-corrected chi connectivity index (χ0v) is 8.83. The lowest BCUT2D eigenvalue weighted by atomic mass is 10.3. The van der Waals surface area contributed by atoms with E-state index >= 15 is 0 Å². The van der Waals surface area contributed by atoms with Crippen LogP contribution in [0.3, 0.4) is 0 Å². The first kappa shape index (κ1) is 12.3. The molecule has 0 aliphatic rings. The molecule has 86 valence electrons. The zero-order valence-electron chi connectivity index (χ0n) is 8.08. The Balaban J connectivity index is 2.74. The molecule has 0 heterocycles. The van der Waals surface area contributed by atoms with E-state index in [1.165, 1.54) is 18.2 Å². The van der Waals surface area contributed by atoms with Crippen LogP contribution in [0.25, 0.3) is 0 Å². The van der Waals surface area contributed by atoms with E-state index in [-0.39, 0.29) is 23.0 Å². The molecule has 5 nitrogen and oxygen atoms in total. The predicted octanol–water partition coefficient (Wildman–Crippen LogP) is 1.55. The highest BCUT2D eigenvalue weighted by molar-refractivity contribution is 6.31. The highest BCUT2D eigenvalue weighted by Crippen LogP contribution is 2.21. The zero-order chi connectivity index (χ0) is 12.1. The number of amidine groups is 1. The smallest absolute Gasteiger partial charge is 0.232 e. The van der Waals surface area contributed by atoms with Crippen LogP contribution in [0.5, 0.6) is 0 Å². The maximum atomic E-state index is 13.3. The fourth-order valence-electron chi connectivity index (χ4n) is 0.995. The molecule has 0 radical (unpaired) electrons. The highest BCUT2D eigenvalue weighted by Gasteiger charge is 2.10. The minimum Gasteiger partial charge on any atom is -0.409 e. The van der Waals surface area contributed by atoms with Gasteiger partial charge in [0.2, 0.25) is 5.91 Å². The molecular weight excluding hydrogens is 237 g/mol. The summed E-state index contributed by atoms with van der Waals surface area (Å²) in [4.78, 5) is 11.3. The molecule has 0 unspecified atom stereocenters. The minimum atomic E-state index is -0.725. The summed E-state index contributed by atoms with van der Waals surface area (Å²) in [6.07, 6.45) is -0.331. The van der Waals surface area contributed by atoms with Crippen molar-refractivity contribution in [3.63, 3.8) is 0 Å². The van der Waals surface area contributed by atoms with Crippen LogP contribution in [-0.2, 0) is 4.79 Å². The minimum absolute atomic E-state index is 0.0526. The SMILES string of the molecule is N/C(CC(=O)Nc1cccc(Cl)c1F)=N\O. The van der Waals surface area contributed by atoms with Gasteiger partial charge in [-0.25, -0.2) is 4.39 Å². The number of hydrogen-bond donors (Lipinski definition) is 3. The van der Waals surface area contributed by atoms with Crippen molar-refractivity contribution >= 4 is 29.0 Å². The van der Waals surface area contributed by atoms with E-state index < -0.39 is 11.7 Å². The van der Waals surface area contributed by atoms with Crippen LogP contribution >= 0.6 is 11.6 Å². The Kier molecular flexibility index (Phi) is 4.07. The van der Waals surface area contributed by atoms with Crippen LogP contribution in [-0.4, -0.2) is 17.0 Å². The molecule has 0 spiro atoms. The molecule has 1 amide bonds. The Morgan fingerprint density at radius 2 is 2.31 bits per heavy atom. The van der Waals surface area contributed by atoms with Crippen LogP contribution < -0.4 is 11.1 Å². The molecule has 16 heavy (non-hydrogen) atoms. The number of nitrogens with zero attached hydrogens (tertiary/aromatic N) is 1. The van der Waals surface area contributed by atoms with Crippen LogP contribution in [0.15, 0.2) is 23.4 Å². The number of hydrogen-bond acceptors (Lipinski definition) is 3. The van der Waals surface area contributed by atoms with E-state index in [1.807, 2.05) is 0 Å². The molecule has 1 rings (SSSR count). The molecule has 7 heteroatoms. The number of nitrogens with one attached hydrogen (secondary N) is 1. The number of amides is 1. The third-order valence-corrected chi connectivity index (χ3v) is 1.99. The van der Waals surface area contributed by atoms with E-state index in [4.69, 9.17) is 22.5 Å². The molecule has 0 bridgehead atoms. The summed E-state index contributed by atoms with van der Waals surface area (Å²) in [5.41, 5.74) is 5.06. The lowest BCUT2D eigenvalue weighted by molar-refractivity contribution is -0.115. The number of halogens is 2. The van der Waals surface area contributed by atoms with Crippen molar-refractivity contribution in [1.82, 2.24) is 0 Å². The second-order valence-corrected chi connectivity index (χ2v) is 3.32. The summed E-state index contributed by atoms with van der Waals surface area (Å²) in [5, 5.41) is 13.0. The number of benzene rings is 1. The van der Waals surface area contributed by atoms with Crippen LogP contribution in [0.2, 0.25) is 5.02 Å². The van der Waals surface area contributed by atoms with Crippen molar-refractivity contribution in [3.8, 4) is 0 Å². The fraction of sp³-hybridized carbons (Fsp3) is 0.111. The summed E-state index contributed by atoms with van der Waals surface area (Å²) in [7, 11) is 0. The van der Waals surface area contributed by atoms with Crippen LogP contribution in [0.4, 0.5) is 10.1 Å². The first-order valence-corrected chi connectivity index (χ1v) is 4.62. The lowest BCUT2D eigenvalue weighted by Crippen LogP contribution is -2.22. The molecule has 0 saturated carbocycles. The van der Waals surface area contributed by atoms with E-state index in [0.29, 0.717) is 0 Å². The first-order valence-electron chi connectivity index (χ1n) is 4.25. The average molecular weight is 246 g/mol. The van der Waals surface area contributed by atoms with Gasteiger partial charge in [0.25, 0.3) is 0 Å². The van der Waals surface area contributed by atoms with Gasteiger partial charge in [-0.05, 0) is 12.1 Å². The monoisotopic (exact) mass is 245 g/mol. The second-order valence-electron chi connectivity index (χ2n) is 2.92. The highest BCUT2D eigenvalue weighted by atomic mass is 35.5. The number of rotatable bonds is 3. The molecule has 0 saturated heterocycles. The Labute approximate surface area is 95.7 Å². The normalized spacial score (nSPS) is 11.2. The Hall–Kier alpha value is -1.82. The van der Waals surface area contributed by atoms with Gasteiger partial charge in [-0.3, -0.25) is 4.79 Å². The van der Waals surface area contributed by atoms with Gasteiger partial charge in [-0.2, -0.15) is 0 Å². The predicted molar refractivity (Wildman–Crippen MR) is 58.1 cm³/mol. The fourth-order valence-corrected chi connectivity index (χ4v) is 1.17. The number of carbonyl (C=O) groups is 1. The van der Waals surface area contributed by atoms with E-state index in [1.54, 1.807) is 0 Å². The van der Waals surface area contributed by atoms with Gasteiger partial charge in [0.05, 0.1) is 17.1 Å². The maximum absolute atomic E-state index is 13.3. The topological polar surface area (TPSA) is 87.7 Å². The van der Waals surface area contributed by atoms with Gasteiger partial charge in [0.15, 0.2) is 5.82 Å². The lowest BCUT2D eigenvalue weighted by Gasteiger charge is -2.06. The van der Waals surface area contributed by atoms with E-state index in [2.05, 4.69) is 10.5 Å². The van der Waals surface area contributed by atoms with Crippen molar-refractivity contribution in [2.45, 2.75) is 6.42 Å². The van der Waals surface area contributed by atoms with Crippen molar-refractivity contribution in [3.05, 3.63) is 29.0 Å². The van der Waals surface area contributed by atoms with Crippen molar-refractivity contribution in [2.75, 3.05) is 5.32 Å². The van der Waals surface area contributed by atoms with Gasteiger partial charge < -0.3 is 16.3 Å². The molecule has 1 aromatic carbocycles. The quantitative estimate of drug-likeness (QED) is 0.327. The van der Waals surface area contributed by atoms with Crippen LogP contribution in [0, 0.1) is 5.82 Å². The Morgan fingerprint density at radius 1 is 1.62 bits per heavy atom. The first-order chi connectivity index (χ1) is 7.54. The van der Waals surface area contributed by atoms with Crippen molar-refractivity contribution < 1.29 is 14.4 Å². The molecule has 1 aromatic rings. The molecular formula is C9H9ClFN3O2. The van der Waals surface area contributed by atoms with Gasteiger partial charge in [0.1, 0.15) is 5.84 Å². The molecule has 0 aromatic heterocycles. The van der Waals surface area contributed by atoms with Gasteiger partial charge in [-0.15, -0.1) is 0 Å². The Bertz CT molecular complexity index is 437. The summed E-state index contributed by atoms with van der Waals surface area (Å²) in [6.45, 7) is 0. The number of nitrogens with two attached hydrogens (primary N) is 1. The summed E-state index contributed by atoms with van der Waals surface area (Å²) >= 11 is 5.52. The number of oxime groups is 1. The van der Waals surface area contributed by atoms with Crippen molar-refractivity contribution in [1.29, 1.82) is 0 Å². The van der Waals surface area contributed by atoms with Crippen molar-refractivity contribution in [2.24, 2.45) is 10.9 Å². The van der Waals surface area contributed by atoms with Gasteiger partial charge in [0, 0.05) is 0 Å². The standard InChI is InChI=1S/C9H9ClFN3O2/c10-5-2-1-3-6(9(5)11)13-8(15)4-7(12)14-16/h1-3,16H,4H2,(H2,12,14)(H,13,15). The molecule has 0 atom stereocenters. The number of carbonyl (C=O) groups excluding carboxylic acids is 1. The average Bonchev–Trinajstić information content (AvgIpc) is 2.24. The summed E-state index contributed by atoms with van der Waals surface area (Å²) in [6, 6.07) is 4.20. The van der Waals surface area contributed by atoms with E-state index in [9.17, 15) is 9.18 Å². The molecule has 4 N–H and O–H groups in total. The largest absolute Gasteiger partial charge is 0.409 e. The van der Waals surface area contributed by atoms with Gasteiger partial charge in [-0.1, -0.05) is 22.8 Å². The van der Waals surface area contributed by atoms with Crippen LogP contribution in [0.1, 0.15) is 6.42 Å². The maximum Gasteiger partial charge on any atom is 0.232 e. The summed E-state index contributed by atoms with van der Waals surface area (Å²) in [5.74, 6) is -1.59. The van der Waals surface area contributed by atoms with E-state index in [0.717, 1.165) is 0 Å². The molecule has 0 aliphatic heterocycles. The van der Waals surface area contributed by atoms with Gasteiger partial charge >= 0.3 is 0 Å². The molecule has 0 aliphatic carbocycles. The third kappa shape index (κ3) is 3.09. The molecule has 0 fully saturated rings. The number of anilines is 1.